The van der Waals surface area contributed by atoms with E-state index in [1.807, 2.05) is 6.07 Å². The Morgan fingerprint density at radius 1 is 1.54 bits per heavy atom. The predicted octanol–water partition coefficient (Wildman–Crippen LogP) is 2.09. The molecule has 72 valence electrons. The Morgan fingerprint density at radius 2 is 2.31 bits per heavy atom. The van der Waals surface area contributed by atoms with Crippen molar-refractivity contribution in [2.75, 3.05) is 16.8 Å². The van der Waals surface area contributed by atoms with Crippen molar-refractivity contribution in [1.82, 2.24) is 9.97 Å². The monoisotopic (exact) mass is 243 g/mol. The van der Waals surface area contributed by atoms with E-state index in [1.54, 1.807) is 12.5 Å². The molecule has 1 heterocycles. The van der Waals surface area contributed by atoms with Gasteiger partial charge in [0.1, 0.15) is 12.1 Å². The fourth-order valence-electron chi connectivity index (χ4n) is 1.18. The smallest absolute Gasteiger partial charge is 0.132 e. The summed E-state index contributed by atoms with van der Waals surface area (Å²) in [7, 11) is 0. The fraction of sp³-hybridized carbons (Fsp3) is 0.556. The summed E-state index contributed by atoms with van der Waals surface area (Å²) in [6.45, 7) is 5.28. The SMILES string of the molecule is CC(C)N(CCBr)c1ccncn1. The van der Waals surface area contributed by atoms with Gasteiger partial charge < -0.3 is 4.90 Å². The van der Waals surface area contributed by atoms with Gasteiger partial charge in [-0.25, -0.2) is 9.97 Å². The number of anilines is 1. The Labute approximate surface area is 87.3 Å². The van der Waals surface area contributed by atoms with Gasteiger partial charge in [-0.3, -0.25) is 0 Å². The maximum Gasteiger partial charge on any atom is 0.132 e. The standard InChI is InChI=1S/C9H14BrN3/c1-8(2)13(6-4-10)9-3-5-11-7-12-9/h3,5,7-8H,4,6H2,1-2H3. The molecule has 0 unspecified atom stereocenters. The highest BCUT2D eigenvalue weighted by Gasteiger charge is 2.09. The lowest BCUT2D eigenvalue weighted by Crippen LogP contribution is -2.33. The van der Waals surface area contributed by atoms with Gasteiger partial charge in [-0.1, -0.05) is 15.9 Å². The first kappa shape index (κ1) is 10.4. The highest BCUT2D eigenvalue weighted by atomic mass is 79.9. The molecule has 0 aliphatic carbocycles. The van der Waals surface area contributed by atoms with Crippen LogP contribution in [-0.4, -0.2) is 27.9 Å². The summed E-state index contributed by atoms with van der Waals surface area (Å²) in [5.74, 6) is 0.990. The van der Waals surface area contributed by atoms with E-state index in [9.17, 15) is 0 Å². The van der Waals surface area contributed by atoms with Crippen LogP contribution in [0.3, 0.4) is 0 Å². The van der Waals surface area contributed by atoms with Crippen LogP contribution in [0.1, 0.15) is 13.8 Å². The van der Waals surface area contributed by atoms with E-state index in [4.69, 9.17) is 0 Å². The van der Waals surface area contributed by atoms with Gasteiger partial charge in [0.05, 0.1) is 0 Å². The zero-order valence-corrected chi connectivity index (χ0v) is 9.53. The van der Waals surface area contributed by atoms with Crippen molar-refractivity contribution >= 4 is 21.7 Å². The molecular weight excluding hydrogens is 230 g/mol. The molecule has 0 amide bonds. The van der Waals surface area contributed by atoms with Crippen molar-refractivity contribution in [2.24, 2.45) is 0 Å². The molecule has 0 aliphatic rings. The normalized spacial score (nSPS) is 10.5. The summed E-state index contributed by atoms with van der Waals surface area (Å²) in [6, 6.07) is 2.40. The van der Waals surface area contributed by atoms with Gasteiger partial charge in [-0.2, -0.15) is 0 Å². The van der Waals surface area contributed by atoms with Crippen LogP contribution >= 0.6 is 15.9 Å². The van der Waals surface area contributed by atoms with E-state index in [0.717, 1.165) is 17.7 Å². The fourth-order valence-corrected chi connectivity index (χ4v) is 1.56. The van der Waals surface area contributed by atoms with Crippen LogP contribution in [0, 0.1) is 0 Å². The minimum atomic E-state index is 0.465. The van der Waals surface area contributed by atoms with Crippen LogP contribution in [0.2, 0.25) is 0 Å². The molecule has 4 heteroatoms. The van der Waals surface area contributed by atoms with Crippen molar-refractivity contribution in [3.63, 3.8) is 0 Å². The zero-order valence-electron chi connectivity index (χ0n) is 7.94. The van der Waals surface area contributed by atoms with E-state index >= 15 is 0 Å². The molecule has 1 aromatic heterocycles. The molecule has 0 aliphatic heterocycles. The quantitative estimate of drug-likeness (QED) is 0.759. The highest BCUT2D eigenvalue weighted by Crippen LogP contribution is 2.11. The number of hydrogen-bond acceptors (Lipinski definition) is 3. The average Bonchev–Trinajstić information content (AvgIpc) is 2.15. The lowest BCUT2D eigenvalue weighted by molar-refractivity contribution is 0.696. The zero-order chi connectivity index (χ0) is 9.68. The minimum absolute atomic E-state index is 0.465. The molecule has 0 fully saturated rings. The molecule has 13 heavy (non-hydrogen) atoms. The van der Waals surface area contributed by atoms with E-state index < -0.39 is 0 Å². The summed E-state index contributed by atoms with van der Waals surface area (Å²) >= 11 is 3.43. The van der Waals surface area contributed by atoms with E-state index in [-0.39, 0.29) is 0 Å². The Morgan fingerprint density at radius 3 is 2.77 bits per heavy atom. The van der Waals surface area contributed by atoms with Crippen molar-refractivity contribution < 1.29 is 0 Å². The van der Waals surface area contributed by atoms with Crippen LogP contribution in [0.4, 0.5) is 5.82 Å². The van der Waals surface area contributed by atoms with Gasteiger partial charge in [0.2, 0.25) is 0 Å². The van der Waals surface area contributed by atoms with E-state index in [0.29, 0.717) is 6.04 Å². The van der Waals surface area contributed by atoms with Crippen LogP contribution in [-0.2, 0) is 0 Å². The molecule has 0 aromatic carbocycles. The number of halogens is 1. The topological polar surface area (TPSA) is 29.0 Å². The third-order valence-corrected chi connectivity index (χ3v) is 2.16. The summed E-state index contributed by atoms with van der Waals surface area (Å²) in [4.78, 5) is 10.3. The van der Waals surface area contributed by atoms with Crippen molar-refractivity contribution in [1.29, 1.82) is 0 Å². The second-order valence-electron chi connectivity index (χ2n) is 3.04. The molecule has 0 saturated carbocycles. The van der Waals surface area contributed by atoms with Crippen LogP contribution < -0.4 is 4.90 Å². The Kier molecular flexibility index (Phi) is 4.15. The largest absolute Gasteiger partial charge is 0.353 e. The number of alkyl halides is 1. The highest BCUT2D eigenvalue weighted by molar-refractivity contribution is 9.09. The Hall–Kier alpha value is -0.640. The number of nitrogens with zero attached hydrogens (tertiary/aromatic N) is 3. The number of aromatic nitrogens is 2. The lowest BCUT2D eigenvalue weighted by atomic mass is 10.3. The molecule has 3 nitrogen and oxygen atoms in total. The van der Waals surface area contributed by atoms with Gasteiger partial charge in [-0.05, 0) is 19.9 Å². The van der Waals surface area contributed by atoms with Crippen LogP contribution in [0.15, 0.2) is 18.6 Å². The van der Waals surface area contributed by atoms with Gasteiger partial charge >= 0.3 is 0 Å². The molecule has 0 bridgehead atoms. The van der Waals surface area contributed by atoms with Gasteiger partial charge in [0.15, 0.2) is 0 Å². The Bertz CT molecular complexity index is 238. The summed E-state index contributed by atoms with van der Waals surface area (Å²) in [6.07, 6.45) is 3.35. The number of hydrogen-bond donors (Lipinski definition) is 0. The molecular formula is C9H14BrN3. The molecule has 0 N–H and O–H groups in total. The summed E-state index contributed by atoms with van der Waals surface area (Å²) in [5, 5.41) is 0.954. The van der Waals surface area contributed by atoms with Crippen molar-refractivity contribution in [2.45, 2.75) is 19.9 Å². The van der Waals surface area contributed by atoms with Crippen molar-refractivity contribution in [3.8, 4) is 0 Å². The molecule has 0 spiro atoms. The molecule has 0 saturated heterocycles. The van der Waals surface area contributed by atoms with Crippen LogP contribution in [0.5, 0.6) is 0 Å². The van der Waals surface area contributed by atoms with Gasteiger partial charge in [0.25, 0.3) is 0 Å². The maximum absolute atomic E-state index is 4.21. The lowest BCUT2D eigenvalue weighted by Gasteiger charge is -2.26. The molecule has 0 atom stereocenters. The average molecular weight is 244 g/mol. The van der Waals surface area contributed by atoms with Gasteiger partial charge in [0, 0.05) is 24.1 Å². The summed E-state index contributed by atoms with van der Waals surface area (Å²) < 4.78 is 0. The van der Waals surface area contributed by atoms with Crippen LogP contribution in [0.25, 0.3) is 0 Å². The second kappa shape index (κ2) is 5.17. The van der Waals surface area contributed by atoms with Crippen molar-refractivity contribution in [3.05, 3.63) is 18.6 Å². The molecule has 0 radical (unpaired) electrons. The van der Waals surface area contributed by atoms with E-state index in [1.165, 1.54) is 0 Å². The molecule has 1 rings (SSSR count). The molecule has 1 aromatic rings. The third kappa shape index (κ3) is 2.95. The summed E-state index contributed by atoms with van der Waals surface area (Å²) in [5.41, 5.74) is 0. The first-order valence-electron chi connectivity index (χ1n) is 4.34. The third-order valence-electron chi connectivity index (χ3n) is 1.81. The minimum Gasteiger partial charge on any atom is -0.353 e. The first-order chi connectivity index (χ1) is 6.25. The van der Waals surface area contributed by atoms with Gasteiger partial charge in [-0.15, -0.1) is 0 Å². The number of rotatable bonds is 4. The Balaban J connectivity index is 2.76. The second-order valence-corrected chi connectivity index (χ2v) is 3.84. The maximum atomic E-state index is 4.21. The van der Waals surface area contributed by atoms with E-state index in [2.05, 4.69) is 44.6 Å². The predicted molar refractivity (Wildman–Crippen MR) is 58.3 cm³/mol. The first-order valence-corrected chi connectivity index (χ1v) is 5.46.